The zero-order chi connectivity index (χ0) is 8.53. The van der Waals surface area contributed by atoms with E-state index < -0.39 is 0 Å². The third kappa shape index (κ3) is 7.79. The Morgan fingerprint density at radius 2 is 2.36 bits per heavy atom. The van der Waals surface area contributed by atoms with Crippen molar-refractivity contribution < 1.29 is 14.0 Å². The second-order valence-corrected chi connectivity index (χ2v) is 3.81. The first-order valence-electron chi connectivity index (χ1n) is 3.03. The van der Waals surface area contributed by atoms with Crippen molar-refractivity contribution in [2.45, 2.75) is 6.10 Å². The fraction of sp³-hybridized carbons (Fsp3) is 1.00. The fourth-order valence-electron chi connectivity index (χ4n) is 0.458. The van der Waals surface area contributed by atoms with Crippen LogP contribution in [0.1, 0.15) is 0 Å². The molecule has 6 heteroatoms. The standard InChI is InChI=1S/C5H10BrIO3S/c6-3-5(4-10-11-7)9-2-1-8/h5,8H,1-4H2. The Bertz CT molecular complexity index is 80.1. The lowest BCUT2D eigenvalue weighted by Crippen LogP contribution is -2.21. The van der Waals surface area contributed by atoms with Crippen LogP contribution < -0.4 is 0 Å². The molecule has 68 valence electrons. The number of ether oxygens (including phenoxy) is 1. The topological polar surface area (TPSA) is 38.7 Å². The summed E-state index contributed by atoms with van der Waals surface area (Å²) in [7, 11) is 1.29. The smallest absolute Gasteiger partial charge is 0.0919 e. The van der Waals surface area contributed by atoms with E-state index in [4.69, 9.17) is 14.0 Å². The van der Waals surface area contributed by atoms with Crippen molar-refractivity contribution in [1.29, 1.82) is 0 Å². The van der Waals surface area contributed by atoms with Gasteiger partial charge in [-0.05, 0) is 0 Å². The molecule has 3 nitrogen and oxygen atoms in total. The molecule has 0 amide bonds. The van der Waals surface area contributed by atoms with Gasteiger partial charge in [0.25, 0.3) is 0 Å². The Labute approximate surface area is 91.1 Å². The van der Waals surface area contributed by atoms with Gasteiger partial charge in [0.15, 0.2) is 0 Å². The highest BCUT2D eigenvalue weighted by Crippen LogP contribution is 2.13. The van der Waals surface area contributed by atoms with Gasteiger partial charge < -0.3 is 14.0 Å². The van der Waals surface area contributed by atoms with E-state index in [-0.39, 0.29) is 12.7 Å². The molecule has 0 heterocycles. The molecule has 0 aliphatic carbocycles. The largest absolute Gasteiger partial charge is 0.394 e. The summed E-state index contributed by atoms with van der Waals surface area (Å²) in [6.45, 7) is 0.964. The predicted molar refractivity (Wildman–Crippen MR) is 58.2 cm³/mol. The molecule has 0 saturated carbocycles. The third-order valence-electron chi connectivity index (χ3n) is 0.915. The number of aliphatic hydroxyl groups excluding tert-OH is 1. The van der Waals surface area contributed by atoms with Crippen molar-refractivity contribution >= 4 is 46.3 Å². The number of hydrogen-bond acceptors (Lipinski definition) is 4. The van der Waals surface area contributed by atoms with Crippen LogP contribution in [0.2, 0.25) is 0 Å². The van der Waals surface area contributed by atoms with Crippen LogP contribution in [0.5, 0.6) is 0 Å². The Balaban J connectivity index is 3.25. The summed E-state index contributed by atoms with van der Waals surface area (Å²) in [6.07, 6.45) is 0.0319. The van der Waals surface area contributed by atoms with Crippen LogP contribution in [0.15, 0.2) is 0 Å². The number of aliphatic hydroxyl groups is 1. The minimum absolute atomic E-state index is 0.0319. The second kappa shape index (κ2) is 9.53. The van der Waals surface area contributed by atoms with E-state index >= 15 is 0 Å². The quantitative estimate of drug-likeness (QED) is 0.428. The summed E-state index contributed by atoms with van der Waals surface area (Å²) in [5, 5.41) is 9.17. The molecule has 0 spiro atoms. The maximum Gasteiger partial charge on any atom is 0.0919 e. The van der Waals surface area contributed by atoms with Gasteiger partial charge in [0.1, 0.15) is 0 Å². The first kappa shape index (κ1) is 12.4. The third-order valence-corrected chi connectivity index (χ3v) is 2.63. The molecule has 0 radical (unpaired) electrons. The summed E-state index contributed by atoms with van der Waals surface area (Å²) < 4.78 is 10.3. The molecule has 1 atom stereocenters. The maximum absolute atomic E-state index is 8.45. The van der Waals surface area contributed by atoms with Crippen molar-refractivity contribution in [2.24, 2.45) is 0 Å². The highest BCUT2D eigenvalue weighted by Gasteiger charge is 2.06. The average Bonchev–Trinajstić information content (AvgIpc) is 2.05. The average molecular weight is 357 g/mol. The van der Waals surface area contributed by atoms with Crippen molar-refractivity contribution in [2.75, 3.05) is 25.2 Å². The molecule has 0 saturated heterocycles. The summed E-state index contributed by atoms with van der Waals surface area (Å²) in [5.74, 6) is 0. The van der Waals surface area contributed by atoms with E-state index in [0.717, 1.165) is 5.33 Å². The van der Waals surface area contributed by atoms with Crippen molar-refractivity contribution in [3.8, 4) is 0 Å². The van der Waals surface area contributed by atoms with E-state index in [0.29, 0.717) is 13.2 Å². The molecule has 0 fully saturated rings. The minimum atomic E-state index is 0.0319. The van der Waals surface area contributed by atoms with Gasteiger partial charge in [-0.3, -0.25) is 0 Å². The molecule has 0 aromatic carbocycles. The Morgan fingerprint density at radius 1 is 1.64 bits per heavy atom. The van der Waals surface area contributed by atoms with Crippen LogP contribution in [0, 0.1) is 0 Å². The van der Waals surface area contributed by atoms with Gasteiger partial charge in [0, 0.05) is 26.5 Å². The summed E-state index contributed by atoms with van der Waals surface area (Å²) in [5.41, 5.74) is 0. The van der Waals surface area contributed by atoms with Crippen LogP contribution in [-0.4, -0.2) is 36.4 Å². The lowest BCUT2D eigenvalue weighted by atomic mass is 10.4. The van der Waals surface area contributed by atoms with Gasteiger partial charge in [-0.2, -0.15) is 0 Å². The molecule has 0 rings (SSSR count). The Kier molecular flexibility index (Phi) is 10.8. The van der Waals surface area contributed by atoms with Crippen LogP contribution >= 0.6 is 46.3 Å². The molecule has 0 aliphatic rings. The predicted octanol–water partition coefficient (Wildman–Crippen LogP) is 1.77. The number of alkyl halides is 1. The van der Waals surface area contributed by atoms with Gasteiger partial charge >= 0.3 is 0 Å². The molecule has 0 bridgehead atoms. The molecular weight excluding hydrogens is 347 g/mol. The second-order valence-electron chi connectivity index (χ2n) is 1.72. The van der Waals surface area contributed by atoms with Crippen molar-refractivity contribution in [3.05, 3.63) is 0 Å². The van der Waals surface area contributed by atoms with Gasteiger partial charge in [0.05, 0.1) is 35.1 Å². The molecule has 0 aromatic heterocycles. The first-order valence-corrected chi connectivity index (χ1v) is 7.44. The molecule has 1 N–H and O–H groups in total. The highest BCUT2D eigenvalue weighted by molar-refractivity contribution is 14.2. The van der Waals surface area contributed by atoms with Gasteiger partial charge in [0.2, 0.25) is 0 Å². The van der Waals surface area contributed by atoms with Crippen molar-refractivity contribution in [1.82, 2.24) is 0 Å². The normalized spacial score (nSPS) is 13.4. The van der Waals surface area contributed by atoms with Crippen LogP contribution in [0.3, 0.4) is 0 Å². The van der Waals surface area contributed by atoms with E-state index in [1.165, 1.54) is 9.21 Å². The van der Waals surface area contributed by atoms with E-state index in [1.54, 1.807) is 0 Å². The zero-order valence-corrected chi connectivity index (χ0v) is 10.4. The maximum atomic E-state index is 8.45. The van der Waals surface area contributed by atoms with Gasteiger partial charge in [-0.25, -0.2) is 0 Å². The molecule has 0 aromatic rings. The molecule has 0 aliphatic heterocycles. The lowest BCUT2D eigenvalue weighted by molar-refractivity contribution is 0.0211. The minimum Gasteiger partial charge on any atom is -0.394 e. The Morgan fingerprint density at radius 3 is 2.82 bits per heavy atom. The fourth-order valence-corrected chi connectivity index (χ4v) is 1.48. The first-order chi connectivity index (χ1) is 5.35. The lowest BCUT2D eigenvalue weighted by Gasteiger charge is -2.12. The van der Waals surface area contributed by atoms with Gasteiger partial charge in [-0.15, -0.1) is 0 Å². The molecular formula is C5H10BrIO3S. The van der Waals surface area contributed by atoms with Crippen molar-refractivity contribution in [3.63, 3.8) is 0 Å². The zero-order valence-electron chi connectivity index (χ0n) is 5.83. The SMILES string of the molecule is OCCOC(CBr)COSI. The number of halogens is 2. The van der Waals surface area contributed by atoms with Crippen LogP contribution in [0.4, 0.5) is 0 Å². The van der Waals surface area contributed by atoms with Crippen LogP contribution in [-0.2, 0) is 8.92 Å². The van der Waals surface area contributed by atoms with E-state index in [2.05, 4.69) is 15.9 Å². The number of hydrogen-bond donors (Lipinski definition) is 1. The molecule has 1 unspecified atom stereocenters. The summed E-state index contributed by atoms with van der Waals surface area (Å²) in [6, 6.07) is 0. The number of rotatable bonds is 7. The Hall–Kier alpha value is 1.44. The van der Waals surface area contributed by atoms with Crippen LogP contribution in [0.25, 0.3) is 0 Å². The summed E-state index contributed by atoms with van der Waals surface area (Å²) >= 11 is 5.33. The highest BCUT2D eigenvalue weighted by atomic mass is 127. The summed E-state index contributed by atoms with van der Waals surface area (Å²) in [4.78, 5) is 0. The van der Waals surface area contributed by atoms with Gasteiger partial charge in [-0.1, -0.05) is 15.9 Å². The van der Waals surface area contributed by atoms with E-state index in [9.17, 15) is 0 Å². The monoisotopic (exact) mass is 356 g/mol. The molecule has 11 heavy (non-hydrogen) atoms. The van der Waals surface area contributed by atoms with E-state index in [1.807, 2.05) is 21.2 Å².